The van der Waals surface area contributed by atoms with Crippen LogP contribution in [0, 0.1) is 0 Å². The van der Waals surface area contributed by atoms with Gasteiger partial charge in [0.05, 0.1) is 6.10 Å². The van der Waals surface area contributed by atoms with Gasteiger partial charge in [-0.25, -0.2) is 0 Å². The Bertz CT molecular complexity index is 1040. The lowest BCUT2D eigenvalue weighted by Gasteiger charge is -2.36. The summed E-state index contributed by atoms with van der Waals surface area (Å²) in [5.74, 6) is 0.0113. The number of fused-ring (bicyclic) bond motifs is 1. The molecule has 0 aliphatic carbocycles. The van der Waals surface area contributed by atoms with E-state index in [2.05, 4.69) is 30.3 Å². The number of carbonyl (C=O) groups excluding carboxylic acids is 1. The molecule has 5 heteroatoms. The highest BCUT2D eigenvalue weighted by Gasteiger charge is 2.31. The average molecular weight is 376 g/mol. The lowest BCUT2D eigenvalue weighted by atomic mass is 9.86. The van der Waals surface area contributed by atoms with Crippen molar-refractivity contribution in [3.8, 4) is 0 Å². The number of piperidine rings is 1. The Labute approximate surface area is 163 Å². The van der Waals surface area contributed by atoms with Crippen LogP contribution in [0.15, 0.2) is 71.7 Å². The largest absolute Gasteiger partial charge is 0.391 e. The number of aliphatic hydroxyl groups is 1. The van der Waals surface area contributed by atoms with Crippen LogP contribution in [0.4, 0.5) is 0 Å². The normalized spacial score (nSPS) is 19.7. The molecule has 1 N–H and O–H groups in total. The molecule has 1 saturated heterocycles. The summed E-state index contributed by atoms with van der Waals surface area (Å²) in [6, 6.07) is 19.5. The number of likely N-dealkylation sites (tertiary alicyclic amines) is 1. The van der Waals surface area contributed by atoms with Gasteiger partial charge < -0.3 is 14.6 Å². The van der Waals surface area contributed by atoms with Crippen molar-refractivity contribution in [2.75, 3.05) is 13.1 Å². The molecular formula is C23H24N2O3. The van der Waals surface area contributed by atoms with Crippen LogP contribution in [0.3, 0.4) is 0 Å². The number of hydrogen-bond acceptors (Lipinski definition) is 3. The zero-order valence-electron chi connectivity index (χ0n) is 15.7. The van der Waals surface area contributed by atoms with E-state index in [1.807, 2.05) is 12.1 Å². The maximum Gasteiger partial charge on any atom is 0.250 e. The zero-order chi connectivity index (χ0) is 19.5. The first-order valence-electron chi connectivity index (χ1n) is 9.72. The fourth-order valence-corrected chi connectivity index (χ4v) is 4.00. The maximum atomic E-state index is 12.5. The second-order valence-electron chi connectivity index (χ2n) is 7.39. The number of pyridine rings is 1. The summed E-state index contributed by atoms with van der Waals surface area (Å²) in [6.45, 7) is 1.32. The van der Waals surface area contributed by atoms with E-state index >= 15 is 0 Å². The van der Waals surface area contributed by atoms with E-state index in [-0.39, 0.29) is 23.8 Å². The van der Waals surface area contributed by atoms with Gasteiger partial charge in [-0.2, -0.15) is 0 Å². The first kappa shape index (κ1) is 18.4. The monoisotopic (exact) mass is 376 g/mol. The molecule has 0 radical (unpaired) electrons. The molecule has 2 aromatic carbocycles. The van der Waals surface area contributed by atoms with Gasteiger partial charge in [0.2, 0.25) is 5.91 Å². The molecule has 2 atom stereocenters. The summed E-state index contributed by atoms with van der Waals surface area (Å²) < 4.78 is 1.54. The van der Waals surface area contributed by atoms with E-state index in [1.54, 1.807) is 23.2 Å². The lowest BCUT2D eigenvalue weighted by Crippen LogP contribution is -2.46. The van der Waals surface area contributed by atoms with Crippen molar-refractivity contribution in [2.45, 2.75) is 31.4 Å². The van der Waals surface area contributed by atoms with Gasteiger partial charge in [-0.1, -0.05) is 48.5 Å². The second kappa shape index (κ2) is 7.98. The van der Waals surface area contributed by atoms with Crippen molar-refractivity contribution in [1.82, 2.24) is 9.47 Å². The van der Waals surface area contributed by atoms with Crippen molar-refractivity contribution in [1.29, 1.82) is 0 Å². The molecule has 0 spiro atoms. The first-order chi connectivity index (χ1) is 13.6. The van der Waals surface area contributed by atoms with Crippen molar-refractivity contribution in [3.63, 3.8) is 0 Å². The molecule has 0 unspecified atom stereocenters. The topological polar surface area (TPSA) is 62.5 Å². The summed E-state index contributed by atoms with van der Waals surface area (Å²) in [5.41, 5.74) is 1.01. The van der Waals surface area contributed by atoms with Crippen LogP contribution in [0.25, 0.3) is 10.8 Å². The average Bonchev–Trinajstić information content (AvgIpc) is 2.72. The number of amides is 1. The van der Waals surface area contributed by atoms with Gasteiger partial charge in [0.25, 0.3) is 5.56 Å². The summed E-state index contributed by atoms with van der Waals surface area (Å²) in [6.07, 6.45) is 2.10. The quantitative estimate of drug-likeness (QED) is 0.762. The van der Waals surface area contributed by atoms with Crippen LogP contribution in [0.2, 0.25) is 0 Å². The molecule has 1 aliphatic heterocycles. The van der Waals surface area contributed by atoms with Crippen LogP contribution in [0.1, 0.15) is 24.3 Å². The third-order valence-electron chi connectivity index (χ3n) is 5.60. The highest BCUT2D eigenvalue weighted by molar-refractivity contribution is 5.83. The Kier molecular flexibility index (Phi) is 5.26. The molecular weight excluding hydrogens is 352 g/mol. The van der Waals surface area contributed by atoms with E-state index in [0.29, 0.717) is 19.6 Å². The van der Waals surface area contributed by atoms with E-state index in [1.165, 1.54) is 21.4 Å². The Morgan fingerprint density at radius 2 is 1.82 bits per heavy atom. The smallest absolute Gasteiger partial charge is 0.250 e. The Morgan fingerprint density at radius 3 is 2.61 bits per heavy atom. The molecule has 28 heavy (non-hydrogen) atoms. The molecule has 0 bridgehead atoms. The highest BCUT2D eigenvalue weighted by Crippen LogP contribution is 2.30. The predicted molar refractivity (Wildman–Crippen MR) is 109 cm³/mol. The molecule has 2 heterocycles. The van der Waals surface area contributed by atoms with E-state index < -0.39 is 6.10 Å². The van der Waals surface area contributed by atoms with E-state index in [4.69, 9.17) is 0 Å². The third kappa shape index (κ3) is 3.85. The van der Waals surface area contributed by atoms with Gasteiger partial charge in [0.1, 0.15) is 0 Å². The zero-order valence-corrected chi connectivity index (χ0v) is 15.7. The number of nitrogens with zero attached hydrogens (tertiary/aromatic N) is 2. The number of aryl methyl sites for hydroxylation is 1. The van der Waals surface area contributed by atoms with Gasteiger partial charge in [0.15, 0.2) is 0 Å². The Balaban J connectivity index is 1.39. The maximum absolute atomic E-state index is 12.5. The number of rotatable bonds is 4. The van der Waals surface area contributed by atoms with Crippen LogP contribution < -0.4 is 5.56 Å². The van der Waals surface area contributed by atoms with Gasteiger partial charge >= 0.3 is 0 Å². The standard InChI is InChI=1S/C23H24N2O3/c26-21-16-25(23(28)11-14-24-12-4-3-7-22(24)27)13-10-20(21)19-9-8-17-5-1-2-6-18(17)15-19/h1-9,12,15,20-21,26H,10-11,13-14,16H2/t20-,21+/m0/s1. The number of hydrogen-bond donors (Lipinski definition) is 1. The molecule has 1 aromatic heterocycles. The summed E-state index contributed by atoms with van der Waals surface area (Å²) >= 11 is 0. The highest BCUT2D eigenvalue weighted by atomic mass is 16.3. The van der Waals surface area contributed by atoms with Crippen LogP contribution in [0.5, 0.6) is 0 Å². The summed E-state index contributed by atoms with van der Waals surface area (Å²) in [4.78, 5) is 26.0. The molecule has 0 saturated carbocycles. The van der Waals surface area contributed by atoms with Crippen molar-refractivity contribution >= 4 is 16.7 Å². The molecule has 1 amide bonds. The van der Waals surface area contributed by atoms with Gasteiger partial charge in [-0.3, -0.25) is 9.59 Å². The molecule has 3 aromatic rings. The fourth-order valence-electron chi connectivity index (χ4n) is 4.00. The molecule has 4 rings (SSSR count). The van der Waals surface area contributed by atoms with Crippen molar-refractivity contribution in [2.24, 2.45) is 0 Å². The lowest BCUT2D eigenvalue weighted by molar-refractivity contribution is -0.135. The number of β-amino-alcohol motifs (C(OH)–C–C–N with tert-alkyl or cyclic N) is 1. The van der Waals surface area contributed by atoms with Gasteiger partial charge in [-0.15, -0.1) is 0 Å². The van der Waals surface area contributed by atoms with Crippen molar-refractivity contribution in [3.05, 3.63) is 82.8 Å². The second-order valence-corrected chi connectivity index (χ2v) is 7.39. The number of aliphatic hydroxyl groups excluding tert-OH is 1. The number of carbonyl (C=O) groups is 1. The predicted octanol–water partition coefficient (Wildman–Crippen LogP) is 2.77. The van der Waals surface area contributed by atoms with Gasteiger partial charge in [-0.05, 0) is 28.8 Å². The number of aromatic nitrogens is 1. The molecule has 1 fully saturated rings. The van der Waals surface area contributed by atoms with Crippen molar-refractivity contribution < 1.29 is 9.90 Å². The third-order valence-corrected chi connectivity index (χ3v) is 5.60. The molecule has 1 aliphatic rings. The minimum atomic E-state index is -0.585. The fraction of sp³-hybridized carbons (Fsp3) is 0.304. The van der Waals surface area contributed by atoms with Gasteiger partial charge in [0, 0.05) is 44.2 Å². The Hall–Kier alpha value is -2.92. The van der Waals surface area contributed by atoms with Crippen LogP contribution in [-0.4, -0.2) is 39.7 Å². The SMILES string of the molecule is O=C(CCn1ccccc1=O)N1CC[C@@H](c2ccc3ccccc3c2)[C@H](O)C1. The minimum absolute atomic E-state index is 0.0215. The van der Waals surface area contributed by atoms with E-state index in [9.17, 15) is 14.7 Å². The first-order valence-corrected chi connectivity index (χ1v) is 9.72. The molecule has 5 nitrogen and oxygen atoms in total. The van der Waals surface area contributed by atoms with Crippen LogP contribution >= 0.6 is 0 Å². The van der Waals surface area contributed by atoms with Crippen LogP contribution in [-0.2, 0) is 11.3 Å². The Morgan fingerprint density at radius 1 is 1.04 bits per heavy atom. The molecule has 144 valence electrons. The summed E-state index contributed by atoms with van der Waals surface area (Å²) in [5, 5.41) is 13.0. The number of benzene rings is 2. The van der Waals surface area contributed by atoms with E-state index in [0.717, 1.165) is 12.0 Å². The minimum Gasteiger partial charge on any atom is -0.391 e. The summed E-state index contributed by atoms with van der Waals surface area (Å²) in [7, 11) is 0.